The molecule has 0 aliphatic carbocycles. The van der Waals surface area contributed by atoms with Crippen molar-refractivity contribution in [3.63, 3.8) is 0 Å². The first-order valence-corrected chi connectivity index (χ1v) is 9.90. The highest BCUT2D eigenvalue weighted by molar-refractivity contribution is 9.10. The summed E-state index contributed by atoms with van der Waals surface area (Å²) in [5.41, 5.74) is 3.55. The molecule has 1 saturated heterocycles. The average molecular weight is 442 g/mol. The number of benzene rings is 2. The third-order valence-corrected chi connectivity index (χ3v) is 5.17. The fraction of sp³-hybridized carbons (Fsp3) is 0.238. The number of rotatable bonds is 5. The Bertz CT molecular complexity index is 1000. The number of hydrazone groups is 1. The Morgan fingerprint density at radius 1 is 1.18 bits per heavy atom. The van der Waals surface area contributed by atoms with Crippen LogP contribution in [0.5, 0.6) is 0 Å². The van der Waals surface area contributed by atoms with Crippen LogP contribution in [0.4, 0.5) is 5.88 Å². The van der Waals surface area contributed by atoms with E-state index in [0.29, 0.717) is 19.0 Å². The van der Waals surface area contributed by atoms with Gasteiger partial charge in [0.2, 0.25) is 11.8 Å². The normalized spacial score (nSPS) is 14.7. The van der Waals surface area contributed by atoms with Gasteiger partial charge in [0, 0.05) is 19.2 Å². The molecule has 1 aromatic heterocycles. The molecule has 0 unspecified atom stereocenters. The molecule has 0 bridgehead atoms. The Morgan fingerprint density at radius 3 is 2.82 bits per heavy atom. The molecule has 0 saturated carbocycles. The molecule has 144 valence electrons. The highest BCUT2D eigenvalue weighted by Gasteiger charge is 2.18. The SMILES string of the molecule is O=C(Cc1cccc2ccccc12)N/N=C\c1cc(Br)c(N2CCOCC2)o1. The molecule has 0 radical (unpaired) electrons. The highest BCUT2D eigenvalue weighted by Crippen LogP contribution is 2.30. The minimum atomic E-state index is -0.174. The number of halogens is 1. The zero-order valence-corrected chi connectivity index (χ0v) is 16.8. The van der Waals surface area contributed by atoms with Crippen LogP contribution in [-0.4, -0.2) is 38.4 Å². The topological polar surface area (TPSA) is 67.1 Å². The van der Waals surface area contributed by atoms with E-state index in [1.54, 1.807) is 0 Å². The summed E-state index contributed by atoms with van der Waals surface area (Å²) in [6.07, 6.45) is 1.77. The van der Waals surface area contributed by atoms with E-state index in [-0.39, 0.29) is 12.3 Å². The van der Waals surface area contributed by atoms with Crippen LogP contribution in [0.15, 0.2) is 62.5 Å². The Kier molecular flexibility index (Phi) is 5.73. The van der Waals surface area contributed by atoms with Crippen LogP contribution < -0.4 is 10.3 Å². The second-order valence-corrected chi connectivity index (χ2v) is 7.36. The smallest absolute Gasteiger partial charge is 0.244 e. The van der Waals surface area contributed by atoms with Crippen LogP contribution in [0.1, 0.15) is 11.3 Å². The number of furan rings is 1. The van der Waals surface area contributed by atoms with Gasteiger partial charge >= 0.3 is 0 Å². The minimum Gasteiger partial charge on any atom is -0.438 e. The summed E-state index contributed by atoms with van der Waals surface area (Å²) in [6.45, 7) is 2.93. The van der Waals surface area contributed by atoms with Crippen LogP contribution in [0.2, 0.25) is 0 Å². The van der Waals surface area contributed by atoms with Gasteiger partial charge in [-0.2, -0.15) is 5.10 Å². The lowest BCUT2D eigenvalue weighted by Crippen LogP contribution is -2.36. The molecular weight excluding hydrogens is 422 g/mol. The Balaban J connectivity index is 1.39. The molecule has 3 aromatic rings. The van der Waals surface area contributed by atoms with Crippen molar-refractivity contribution < 1.29 is 13.9 Å². The van der Waals surface area contributed by atoms with Gasteiger partial charge in [0.1, 0.15) is 0 Å². The van der Waals surface area contributed by atoms with Crippen molar-refractivity contribution in [2.45, 2.75) is 6.42 Å². The quantitative estimate of drug-likeness (QED) is 0.483. The molecule has 1 aliphatic rings. The van der Waals surface area contributed by atoms with E-state index in [0.717, 1.165) is 39.8 Å². The maximum absolute atomic E-state index is 12.3. The van der Waals surface area contributed by atoms with Crippen molar-refractivity contribution in [1.82, 2.24) is 5.43 Å². The zero-order chi connectivity index (χ0) is 19.3. The lowest BCUT2D eigenvalue weighted by molar-refractivity contribution is -0.120. The van der Waals surface area contributed by atoms with Crippen LogP contribution in [0.25, 0.3) is 10.8 Å². The number of fused-ring (bicyclic) bond motifs is 1. The molecule has 2 heterocycles. The standard InChI is InChI=1S/C21H20BrN3O3/c22-19-13-17(28-21(19)25-8-10-27-11-9-25)14-23-24-20(26)12-16-6-3-5-15-4-1-2-7-18(15)16/h1-7,13-14H,8-12H2,(H,24,26)/b23-14-. The van der Waals surface area contributed by atoms with Gasteiger partial charge in [0.05, 0.1) is 30.3 Å². The van der Waals surface area contributed by atoms with Crippen molar-refractivity contribution in [2.24, 2.45) is 5.10 Å². The molecule has 4 rings (SSSR count). The third-order valence-electron chi connectivity index (χ3n) is 4.60. The van der Waals surface area contributed by atoms with Gasteiger partial charge < -0.3 is 14.1 Å². The first-order chi connectivity index (χ1) is 13.7. The highest BCUT2D eigenvalue weighted by atomic mass is 79.9. The lowest BCUT2D eigenvalue weighted by Gasteiger charge is -2.26. The molecule has 28 heavy (non-hydrogen) atoms. The average Bonchev–Trinajstić information content (AvgIpc) is 3.09. The lowest BCUT2D eigenvalue weighted by atomic mass is 10.0. The van der Waals surface area contributed by atoms with E-state index in [2.05, 4.69) is 31.4 Å². The van der Waals surface area contributed by atoms with Crippen LogP contribution in [0.3, 0.4) is 0 Å². The summed E-state index contributed by atoms with van der Waals surface area (Å²) < 4.78 is 12.1. The Hall–Kier alpha value is -2.64. The summed E-state index contributed by atoms with van der Waals surface area (Å²) in [6, 6.07) is 15.8. The maximum Gasteiger partial charge on any atom is 0.244 e. The molecule has 2 aromatic carbocycles. The van der Waals surface area contributed by atoms with Gasteiger partial charge in [-0.05, 0) is 32.3 Å². The van der Waals surface area contributed by atoms with Crippen molar-refractivity contribution in [3.8, 4) is 0 Å². The number of hydrogen-bond donors (Lipinski definition) is 1. The molecule has 1 N–H and O–H groups in total. The van der Waals surface area contributed by atoms with E-state index in [1.807, 2.05) is 48.5 Å². The first-order valence-electron chi connectivity index (χ1n) is 9.11. The fourth-order valence-corrected chi connectivity index (χ4v) is 3.81. The van der Waals surface area contributed by atoms with Gasteiger partial charge in [-0.15, -0.1) is 0 Å². The van der Waals surface area contributed by atoms with Gasteiger partial charge in [-0.1, -0.05) is 42.5 Å². The number of carbonyl (C=O) groups excluding carboxylic acids is 1. The molecule has 0 atom stereocenters. The number of amides is 1. The maximum atomic E-state index is 12.3. The van der Waals surface area contributed by atoms with E-state index < -0.39 is 0 Å². The minimum absolute atomic E-state index is 0.174. The molecule has 1 aliphatic heterocycles. The number of nitrogens with zero attached hydrogens (tertiary/aromatic N) is 2. The number of nitrogens with one attached hydrogen (secondary N) is 1. The van der Waals surface area contributed by atoms with Crippen LogP contribution in [0, 0.1) is 0 Å². The fourth-order valence-electron chi connectivity index (χ4n) is 3.25. The van der Waals surface area contributed by atoms with Crippen molar-refractivity contribution in [2.75, 3.05) is 31.2 Å². The molecule has 1 amide bonds. The first kappa shape index (κ1) is 18.7. The largest absolute Gasteiger partial charge is 0.438 e. The second kappa shape index (κ2) is 8.58. The Labute approximate surface area is 171 Å². The van der Waals surface area contributed by atoms with E-state index in [1.165, 1.54) is 6.21 Å². The molecular formula is C21H20BrN3O3. The van der Waals surface area contributed by atoms with Crippen molar-refractivity contribution >= 4 is 44.7 Å². The van der Waals surface area contributed by atoms with Crippen LogP contribution in [-0.2, 0) is 16.0 Å². The number of anilines is 1. The number of hydrogen-bond acceptors (Lipinski definition) is 5. The number of morpholine rings is 1. The summed E-state index contributed by atoms with van der Waals surface area (Å²) in [7, 11) is 0. The summed E-state index contributed by atoms with van der Waals surface area (Å²) >= 11 is 3.52. The van der Waals surface area contributed by atoms with E-state index in [9.17, 15) is 4.79 Å². The Morgan fingerprint density at radius 2 is 1.96 bits per heavy atom. The number of carbonyl (C=O) groups is 1. The molecule has 0 spiro atoms. The zero-order valence-electron chi connectivity index (χ0n) is 15.2. The van der Waals surface area contributed by atoms with Gasteiger partial charge in [-0.25, -0.2) is 5.43 Å². The van der Waals surface area contributed by atoms with Gasteiger partial charge in [-0.3, -0.25) is 4.79 Å². The van der Waals surface area contributed by atoms with Crippen molar-refractivity contribution in [1.29, 1.82) is 0 Å². The van der Waals surface area contributed by atoms with E-state index >= 15 is 0 Å². The monoisotopic (exact) mass is 441 g/mol. The van der Waals surface area contributed by atoms with Crippen molar-refractivity contribution in [3.05, 3.63) is 64.3 Å². The summed E-state index contributed by atoms with van der Waals surface area (Å²) in [5, 5.41) is 6.23. The predicted octanol–water partition coefficient (Wildman–Crippen LogP) is 3.72. The molecule has 7 heteroatoms. The number of ether oxygens (including phenoxy) is 1. The second-order valence-electron chi connectivity index (χ2n) is 6.51. The van der Waals surface area contributed by atoms with Crippen LogP contribution >= 0.6 is 15.9 Å². The third kappa shape index (κ3) is 4.26. The van der Waals surface area contributed by atoms with Gasteiger partial charge in [0.15, 0.2) is 5.76 Å². The summed E-state index contributed by atoms with van der Waals surface area (Å²) in [5.74, 6) is 1.15. The van der Waals surface area contributed by atoms with Gasteiger partial charge in [0.25, 0.3) is 0 Å². The van der Waals surface area contributed by atoms with E-state index in [4.69, 9.17) is 9.15 Å². The molecule has 1 fully saturated rings. The summed E-state index contributed by atoms with van der Waals surface area (Å²) in [4.78, 5) is 14.4. The molecule has 6 nitrogen and oxygen atoms in total. The predicted molar refractivity (Wildman–Crippen MR) is 113 cm³/mol.